The topological polar surface area (TPSA) is 361 Å². The Balaban J connectivity index is 3.45. The van der Waals surface area contributed by atoms with Gasteiger partial charge in [0.2, 0.25) is 0 Å². The molecule has 0 radical (unpaired) electrons. The molecule has 7 amide bonds. The second kappa shape index (κ2) is 41.8. The van der Waals surface area contributed by atoms with Crippen LogP contribution in [0.2, 0.25) is 0 Å². The van der Waals surface area contributed by atoms with Crippen LogP contribution in [0.4, 0.5) is 33.6 Å². The van der Waals surface area contributed by atoms with Gasteiger partial charge in [0.25, 0.3) is 0 Å². The van der Waals surface area contributed by atoms with E-state index in [9.17, 15) is 38.4 Å². The normalized spacial score (nSPS) is 10.7. The molecule has 0 spiro atoms. The van der Waals surface area contributed by atoms with Crippen molar-refractivity contribution in [3.8, 4) is 0 Å². The van der Waals surface area contributed by atoms with E-state index in [2.05, 4.69) is 36.6 Å². The second-order valence-corrected chi connectivity index (χ2v) is 13.3. The molecule has 0 aromatic rings. The summed E-state index contributed by atoms with van der Waals surface area (Å²) in [5, 5.41) is 25.4. The molecule has 0 aromatic heterocycles. The number of carbonyl (C=O) groups excluding carboxylic acids is 7. The first-order chi connectivity index (χ1) is 31.7. The number of hydrogen-bond acceptors (Lipinski definition) is 21. The van der Waals surface area contributed by atoms with Crippen LogP contribution in [-0.2, 0) is 66.4 Å². The van der Waals surface area contributed by atoms with Gasteiger partial charge in [0.15, 0.2) is 0 Å². The first kappa shape index (κ1) is 60.1. The molecule has 8 N–H and O–H groups in total. The van der Waals surface area contributed by atoms with Crippen molar-refractivity contribution in [2.24, 2.45) is 0 Å². The van der Waals surface area contributed by atoms with Gasteiger partial charge in [-0.1, -0.05) is 0 Å². The highest BCUT2D eigenvalue weighted by atomic mass is 16.6. The largest absolute Gasteiger partial charge is 0.480 e. The maximum atomic E-state index is 11.7. The average Bonchev–Trinajstić information content (AvgIpc) is 3.25. The smallest absolute Gasteiger partial charge is 0.407 e. The van der Waals surface area contributed by atoms with Crippen LogP contribution < -0.4 is 37.2 Å². The van der Waals surface area contributed by atoms with Crippen molar-refractivity contribution in [3.63, 3.8) is 0 Å². The summed E-state index contributed by atoms with van der Waals surface area (Å²) in [6, 6.07) is 0. The third kappa shape index (κ3) is 46.1. The molecule has 0 aliphatic carbocycles. The predicted octanol–water partition coefficient (Wildman–Crippen LogP) is -0.947. The number of carboxylic acids is 1. The summed E-state index contributed by atoms with van der Waals surface area (Å²) in [6.07, 6.45) is -4.84. The van der Waals surface area contributed by atoms with E-state index in [4.69, 9.17) is 61.9 Å². The summed E-state index contributed by atoms with van der Waals surface area (Å²) in [6.45, 7) is 6.91. The van der Waals surface area contributed by atoms with E-state index < -0.39 is 60.8 Å². The molecule has 0 saturated heterocycles. The Hall–Kier alpha value is -5.88. The Bertz CT molecular complexity index is 1360. The third-order valence-corrected chi connectivity index (χ3v) is 6.64. The SMILES string of the molecule is CC(C)(C)OC(=O)NCCOCCOC(=O)NCCOCCOC(=O)NCCOCCOC(=O)NCCOCCOC(=O)NCCOCCOC(=O)NCCOCCOC(=O)NCC(=O)O. The van der Waals surface area contributed by atoms with Crippen molar-refractivity contribution in [2.45, 2.75) is 26.4 Å². The zero-order valence-corrected chi connectivity index (χ0v) is 37.7. The van der Waals surface area contributed by atoms with Gasteiger partial charge in [-0.15, -0.1) is 0 Å². The molecule has 0 aliphatic rings. The van der Waals surface area contributed by atoms with Crippen LogP contribution in [0.3, 0.4) is 0 Å². The number of rotatable bonds is 38. The number of hydrogen-bond donors (Lipinski definition) is 8. The number of nitrogens with one attached hydrogen (secondary N) is 7. The maximum Gasteiger partial charge on any atom is 0.407 e. The zero-order valence-electron chi connectivity index (χ0n) is 37.7. The highest BCUT2D eigenvalue weighted by Gasteiger charge is 2.15. The Morgan fingerprint density at radius 3 is 0.742 bits per heavy atom. The van der Waals surface area contributed by atoms with Crippen LogP contribution in [0.1, 0.15) is 20.8 Å². The van der Waals surface area contributed by atoms with Gasteiger partial charge in [0, 0.05) is 39.3 Å². The number of carbonyl (C=O) groups is 8. The quantitative estimate of drug-likeness (QED) is 0.0273. The molecule has 0 heterocycles. The van der Waals surface area contributed by atoms with Crippen LogP contribution in [0.15, 0.2) is 0 Å². The van der Waals surface area contributed by atoms with E-state index in [1.54, 1.807) is 20.8 Å². The predicted molar refractivity (Wildman–Crippen MR) is 223 cm³/mol. The van der Waals surface area contributed by atoms with E-state index in [-0.39, 0.29) is 158 Å². The van der Waals surface area contributed by atoms with Gasteiger partial charge in [-0.25, -0.2) is 33.6 Å². The molecule has 0 unspecified atom stereocenters. The van der Waals surface area contributed by atoms with Crippen molar-refractivity contribution in [2.75, 3.05) is 165 Å². The molecule has 0 aliphatic heterocycles. The second-order valence-electron chi connectivity index (χ2n) is 13.3. The van der Waals surface area contributed by atoms with Crippen molar-refractivity contribution in [1.82, 2.24) is 37.2 Å². The van der Waals surface area contributed by atoms with Crippen molar-refractivity contribution < 1.29 is 105 Å². The third-order valence-electron chi connectivity index (χ3n) is 6.64. The van der Waals surface area contributed by atoms with Gasteiger partial charge in [-0.2, -0.15) is 0 Å². The van der Waals surface area contributed by atoms with E-state index >= 15 is 0 Å². The molecule has 0 atom stereocenters. The van der Waals surface area contributed by atoms with Crippen LogP contribution in [0.5, 0.6) is 0 Å². The number of carboxylic acid groups (broad SMARTS) is 1. The van der Waals surface area contributed by atoms with Gasteiger partial charge < -0.3 is 104 Å². The molecular formula is C37H67N7O22. The lowest BCUT2D eigenvalue weighted by atomic mass is 10.2. The summed E-state index contributed by atoms with van der Waals surface area (Å²) >= 11 is 0. The Morgan fingerprint density at radius 2 is 0.530 bits per heavy atom. The lowest BCUT2D eigenvalue weighted by Gasteiger charge is -2.19. The number of ether oxygens (including phenoxy) is 13. The number of aliphatic carboxylic acids is 1. The van der Waals surface area contributed by atoms with Gasteiger partial charge in [-0.05, 0) is 20.8 Å². The Labute approximate surface area is 381 Å². The first-order valence-corrected chi connectivity index (χ1v) is 20.8. The fourth-order valence-electron chi connectivity index (χ4n) is 3.89. The molecule has 0 aromatic carbocycles. The fourth-order valence-corrected chi connectivity index (χ4v) is 3.89. The molecule has 0 saturated carbocycles. The lowest BCUT2D eigenvalue weighted by Crippen LogP contribution is -2.34. The summed E-state index contributed by atoms with van der Waals surface area (Å²) in [7, 11) is 0. The Morgan fingerprint density at radius 1 is 0.318 bits per heavy atom. The van der Waals surface area contributed by atoms with Gasteiger partial charge >= 0.3 is 48.6 Å². The molecule has 0 rings (SSSR count). The van der Waals surface area contributed by atoms with Crippen molar-refractivity contribution >= 4 is 48.6 Å². The van der Waals surface area contributed by atoms with Gasteiger partial charge in [-0.3, -0.25) is 4.79 Å². The molecular weight excluding hydrogens is 894 g/mol. The van der Waals surface area contributed by atoms with Gasteiger partial charge in [0.05, 0.1) is 79.3 Å². The van der Waals surface area contributed by atoms with E-state index in [0.29, 0.717) is 0 Å². The van der Waals surface area contributed by atoms with Crippen LogP contribution in [0.25, 0.3) is 0 Å². The fraction of sp³-hybridized carbons (Fsp3) is 0.784. The summed E-state index contributed by atoms with van der Waals surface area (Å²) in [5.74, 6) is -1.20. The molecule has 0 bridgehead atoms. The van der Waals surface area contributed by atoms with Gasteiger partial charge in [0.1, 0.15) is 51.8 Å². The first-order valence-electron chi connectivity index (χ1n) is 20.8. The summed E-state index contributed by atoms with van der Waals surface area (Å²) < 4.78 is 66.0. The van der Waals surface area contributed by atoms with Crippen molar-refractivity contribution in [1.29, 1.82) is 0 Å². The van der Waals surface area contributed by atoms with Crippen molar-refractivity contribution in [3.05, 3.63) is 0 Å². The summed E-state index contributed by atoms with van der Waals surface area (Å²) in [4.78, 5) is 91.5. The minimum Gasteiger partial charge on any atom is -0.480 e. The summed E-state index contributed by atoms with van der Waals surface area (Å²) in [5.41, 5.74) is -0.590. The van der Waals surface area contributed by atoms with Crippen LogP contribution in [0, 0.1) is 0 Å². The minimum atomic E-state index is -1.20. The Kier molecular flexibility index (Phi) is 38.1. The maximum absolute atomic E-state index is 11.7. The van der Waals surface area contributed by atoms with Crippen LogP contribution >= 0.6 is 0 Å². The van der Waals surface area contributed by atoms with E-state index in [0.717, 1.165) is 0 Å². The lowest BCUT2D eigenvalue weighted by molar-refractivity contribution is -0.135. The average molecular weight is 962 g/mol. The standard InChI is InChI=1S/C37H67N7O22/c1-37(2,3)66-36(53)43-9-15-59-20-26-64-34(51)41-7-13-57-18-24-62-32(49)39-5-11-55-16-22-60-30(47)38-4-10-54-17-23-61-31(48)40-6-12-56-19-25-63-33(50)42-8-14-58-21-27-65-35(52)44-28-29(45)46/h4-28H2,1-3H3,(H,38,47)(H,39,49)(H,40,48)(H,41,51)(H,42,50)(H,43,53)(H,44,52)(H,45,46). The molecule has 29 heteroatoms. The van der Waals surface area contributed by atoms with Crippen LogP contribution in [-0.4, -0.2) is 224 Å². The monoisotopic (exact) mass is 961 g/mol. The number of alkyl carbamates (subject to hydrolysis) is 7. The highest BCUT2D eigenvalue weighted by molar-refractivity contribution is 5.76. The van der Waals surface area contributed by atoms with E-state index in [1.807, 2.05) is 5.32 Å². The molecule has 29 nitrogen and oxygen atoms in total. The molecule has 0 fully saturated rings. The minimum absolute atomic E-state index is 0.0189. The highest BCUT2D eigenvalue weighted by Crippen LogP contribution is 2.06. The molecule has 66 heavy (non-hydrogen) atoms. The van der Waals surface area contributed by atoms with E-state index in [1.165, 1.54) is 0 Å². The number of amides is 7. The molecule has 382 valence electrons. The zero-order chi connectivity index (χ0) is 48.9.